The van der Waals surface area contributed by atoms with E-state index in [1.165, 1.54) is 0 Å². The molecule has 1 aromatic carbocycles. The number of hydrogen-bond donors (Lipinski definition) is 2. The van der Waals surface area contributed by atoms with E-state index in [0.717, 1.165) is 30.9 Å². The number of nitrogens with two attached hydrogens (primary N) is 1. The molecule has 0 radical (unpaired) electrons. The van der Waals surface area contributed by atoms with Crippen molar-refractivity contribution in [1.82, 2.24) is 10.2 Å². The Labute approximate surface area is 109 Å². The van der Waals surface area contributed by atoms with E-state index in [2.05, 4.69) is 17.1 Å². The van der Waals surface area contributed by atoms with Crippen molar-refractivity contribution in [2.75, 3.05) is 25.4 Å². The molecular formula is C14H23N3O. The number of para-hydroxylation sites is 1. The van der Waals surface area contributed by atoms with Crippen molar-refractivity contribution in [2.24, 2.45) is 0 Å². The van der Waals surface area contributed by atoms with E-state index < -0.39 is 0 Å². The van der Waals surface area contributed by atoms with Crippen LogP contribution in [0.15, 0.2) is 24.3 Å². The Balaban J connectivity index is 2.47. The largest absolute Gasteiger partial charge is 0.398 e. The molecule has 0 heterocycles. The number of nitrogens with zero attached hydrogens (tertiary/aromatic N) is 1. The summed E-state index contributed by atoms with van der Waals surface area (Å²) in [6.07, 6.45) is 0.536. The first kappa shape index (κ1) is 14.5. The molecule has 0 unspecified atom stereocenters. The number of amides is 1. The van der Waals surface area contributed by atoms with Crippen molar-refractivity contribution >= 4 is 11.6 Å². The highest BCUT2D eigenvalue weighted by molar-refractivity contribution is 5.75. The number of nitrogens with one attached hydrogen (secondary N) is 1. The van der Waals surface area contributed by atoms with Gasteiger partial charge in [0, 0.05) is 31.7 Å². The third kappa shape index (κ3) is 4.75. The quantitative estimate of drug-likeness (QED) is 0.722. The standard InChI is InChI=1S/C14H23N3O/c1-3-16-14(18)9-10-17(4-2)11-12-7-5-6-8-13(12)15/h5-8H,3-4,9-11,15H2,1-2H3,(H,16,18). The van der Waals surface area contributed by atoms with Gasteiger partial charge < -0.3 is 11.1 Å². The lowest BCUT2D eigenvalue weighted by molar-refractivity contribution is -0.121. The summed E-state index contributed by atoms with van der Waals surface area (Å²) in [5, 5.41) is 2.81. The Morgan fingerprint density at radius 1 is 1.33 bits per heavy atom. The van der Waals surface area contributed by atoms with Crippen LogP contribution in [0.2, 0.25) is 0 Å². The third-order valence-electron chi connectivity index (χ3n) is 2.93. The summed E-state index contributed by atoms with van der Waals surface area (Å²) in [7, 11) is 0. The zero-order valence-corrected chi connectivity index (χ0v) is 11.3. The highest BCUT2D eigenvalue weighted by Gasteiger charge is 2.08. The predicted octanol–water partition coefficient (Wildman–Crippen LogP) is 1.62. The fourth-order valence-corrected chi connectivity index (χ4v) is 1.81. The number of rotatable bonds is 7. The lowest BCUT2D eigenvalue weighted by Gasteiger charge is -2.21. The highest BCUT2D eigenvalue weighted by atomic mass is 16.1. The lowest BCUT2D eigenvalue weighted by atomic mass is 10.1. The van der Waals surface area contributed by atoms with Gasteiger partial charge >= 0.3 is 0 Å². The number of carbonyl (C=O) groups excluding carboxylic acids is 1. The van der Waals surface area contributed by atoms with Crippen LogP contribution in [0.3, 0.4) is 0 Å². The first-order valence-electron chi connectivity index (χ1n) is 6.49. The minimum atomic E-state index is 0.108. The number of nitrogen functional groups attached to an aromatic ring is 1. The first-order valence-corrected chi connectivity index (χ1v) is 6.49. The number of carbonyl (C=O) groups is 1. The second-order valence-corrected chi connectivity index (χ2v) is 4.27. The smallest absolute Gasteiger partial charge is 0.221 e. The molecule has 0 aliphatic carbocycles. The molecular weight excluding hydrogens is 226 g/mol. The molecule has 0 bridgehead atoms. The summed E-state index contributed by atoms with van der Waals surface area (Å²) in [4.78, 5) is 13.6. The molecule has 0 saturated heterocycles. The Bertz CT molecular complexity index is 379. The van der Waals surface area contributed by atoms with Gasteiger partial charge in [-0.2, -0.15) is 0 Å². The van der Waals surface area contributed by atoms with E-state index in [-0.39, 0.29) is 5.91 Å². The van der Waals surface area contributed by atoms with Crippen LogP contribution in [0.4, 0.5) is 5.69 Å². The second kappa shape index (κ2) is 7.71. The second-order valence-electron chi connectivity index (χ2n) is 4.27. The fraction of sp³-hybridized carbons (Fsp3) is 0.500. The molecule has 3 N–H and O–H groups in total. The molecule has 0 aliphatic rings. The molecule has 0 aromatic heterocycles. The van der Waals surface area contributed by atoms with E-state index >= 15 is 0 Å². The maximum absolute atomic E-state index is 11.4. The zero-order chi connectivity index (χ0) is 13.4. The predicted molar refractivity (Wildman–Crippen MR) is 75.1 cm³/mol. The summed E-state index contributed by atoms with van der Waals surface area (Å²) >= 11 is 0. The molecule has 1 aromatic rings. The van der Waals surface area contributed by atoms with E-state index in [9.17, 15) is 4.79 Å². The van der Waals surface area contributed by atoms with Crippen LogP contribution < -0.4 is 11.1 Å². The highest BCUT2D eigenvalue weighted by Crippen LogP contribution is 2.13. The molecule has 1 amide bonds. The van der Waals surface area contributed by atoms with Gasteiger partial charge in [-0.3, -0.25) is 9.69 Å². The molecule has 0 atom stereocenters. The van der Waals surface area contributed by atoms with Gasteiger partial charge in [-0.15, -0.1) is 0 Å². The van der Waals surface area contributed by atoms with Crippen molar-refractivity contribution in [3.05, 3.63) is 29.8 Å². The Kier molecular flexibility index (Phi) is 6.22. The van der Waals surface area contributed by atoms with Gasteiger partial charge in [0.1, 0.15) is 0 Å². The normalized spacial score (nSPS) is 10.6. The van der Waals surface area contributed by atoms with Gasteiger partial charge in [-0.25, -0.2) is 0 Å². The van der Waals surface area contributed by atoms with Crippen LogP contribution in [0.25, 0.3) is 0 Å². The molecule has 0 saturated carbocycles. The summed E-state index contributed by atoms with van der Waals surface area (Å²) < 4.78 is 0. The lowest BCUT2D eigenvalue weighted by Crippen LogP contribution is -2.30. The van der Waals surface area contributed by atoms with Crippen molar-refractivity contribution in [3.8, 4) is 0 Å². The molecule has 4 nitrogen and oxygen atoms in total. The molecule has 0 fully saturated rings. The SMILES string of the molecule is CCNC(=O)CCN(CC)Cc1ccccc1N. The maximum atomic E-state index is 11.4. The number of hydrogen-bond acceptors (Lipinski definition) is 3. The van der Waals surface area contributed by atoms with Gasteiger partial charge in [0.2, 0.25) is 5.91 Å². The van der Waals surface area contributed by atoms with Crippen LogP contribution in [-0.4, -0.2) is 30.4 Å². The van der Waals surface area contributed by atoms with Crippen LogP contribution in [-0.2, 0) is 11.3 Å². The van der Waals surface area contributed by atoms with Gasteiger partial charge in [0.05, 0.1) is 0 Å². The van der Waals surface area contributed by atoms with Gasteiger partial charge in [-0.05, 0) is 25.1 Å². The van der Waals surface area contributed by atoms with Crippen LogP contribution in [0, 0.1) is 0 Å². The van der Waals surface area contributed by atoms with Crippen LogP contribution >= 0.6 is 0 Å². The minimum Gasteiger partial charge on any atom is -0.398 e. The summed E-state index contributed by atoms with van der Waals surface area (Å²) in [6.45, 7) is 7.18. The monoisotopic (exact) mass is 249 g/mol. The first-order chi connectivity index (χ1) is 8.67. The molecule has 0 aliphatic heterocycles. The zero-order valence-electron chi connectivity index (χ0n) is 11.3. The Hall–Kier alpha value is -1.55. The van der Waals surface area contributed by atoms with Crippen LogP contribution in [0.5, 0.6) is 0 Å². The Morgan fingerprint density at radius 3 is 2.67 bits per heavy atom. The molecule has 100 valence electrons. The molecule has 0 spiro atoms. The number of anilines is 1. The molecule has 4 heteroatoms. The topological polar surface area (TPSA) is 58.4 Å². The molecule has 18 heavy (non-hydrogen) atoms. The van der Waals surface area contributed by atoms with Gasteiger partial charge in [0.25, 0.3) is 0 Å². The fourth-order valence-electron chi connectivity index (χ4n) is 1.81. The van der Waals surface area contributed by atoms with Crippen molar-refractivity contribution in [1.29, 1.82) is 0 Å². The summed E-state index contributed by atoms with van der Waals surface area (Å²) in [5.74, 6) is 0.108. The molecule has 1 rings (SSSR count). The van der Waals surface area contributed by atoms with E-state index in [0.29, 0.717) is 13.0 Å². The van der Waals surface area contributed by atoms with Crippen molar-refractivity contribution < 1.29 is 4.79 Å². The van der Waals surface area contributed by atoms with E-state index in [1.54, 1.807) is 0 Å². The van der Waals surface area contributed by atoms with Crippen molar-refractivity contribution in [3.63, 3.8) is 0 Å². The summed E-state index contributed by atoms with van der Waals surface area (Å²) in [5.41, 5.74) is 7.86. The van der Waals surface area contributed by atoms with E-state index in [4.69, 9.17) is 5.73 Å². The Morgan fingerprint density at radius 2 is 2.06 bits per heavy atom. The van der Waals surface area contributed by atoms with E-state index in [1.807, 2.05) is 31.2 Å². The maximum Gasteiger partial charge on any atom is 0.221 e. The third-order valence-corrected chi connectivity index (χ3v) is 2.93. The average molecular weight is 249 g/mol. The number of benzene rings is 1. The average Bonchev–Trinajstić information content (AvgIpc) is 2.37. The van der Waals surface area contributed by atoms with Crippen molar-refractivity contribution in [2.45, 2.75) is 26.8 Å². The van der Waals surface area contributed by atoms with Crippen LogP contribution in [0.1, 0.15) is 25.8 Å². The van der Waals surface area contributed by atoms with Gasteiger partial charge in [0.15, 0.2) is 0 Å². The van der Waals surface area contributed by atoms with Gasteiger partial charge in [-0.1, -0.05) is 25.1 Å². The minimum absolute atomic E-state index is 0.108. The summed E-state index contributed by atoms with van der Waals surface area (Å²) in [6, 6.07) is 7.87.